The van der Waals surface area contributed by atoms with E-state index in [1.807, 2.05) is 6.92 Å². The van der Waals surface area contributed by atoms with Crippen LogP contribution in [0, 0.1) is 13.8 Å². The van der Waals surface area contributed by atoms with E-state index in [1.54, 1.807) is 0 Å². The molecule has 0 saturated heterocycles. The van der Waals surface area contributed by atoms with Gasteiger partial charge in [-0.05, 0) is 47.8 Å². The number of rotatable bonds is 4. The molecule has 0 unspecified atom stereocenters. The fourth-order valence-electron chi connectivity index (χ4n) is 1.96. The lowest BCUT2D eigenvalue weighted by molar-refractivity contribution is 0.925. The maximum Gasteiger partial charge on any atom is 0.144 e. The second kappa shape index (κ2) is 6.15. The Morgan fingerprint density at radius 3 is 2.58 bits per heavy atom. The van der Waals surface area contributed by atoms with Crippen molar-refractivity contribution in [3.05, 3.63) is 51.4 Å². The molecule has 1 heterocycles. The molecule has 0 aliphatic rings. The van der Waals surface area contributed by atoms with Crippen LogP contribution in [0.25, 0.3) is 0 Å². The summed E-state index contributed by atoms with van der Waals surface area (Å²) in [6.45, 7) is 7.02. The summed E-state index contributed by atoms with van der Waals surface area (Å²) in [5, 5.41) is 3.26. The van der Waals surface area contributed by atoms with Gasteiger partial charge in [0.1, 0.15) is 11.6 Å². The molecule has 0 spiro atoms. The molecule has 2 aromatic rings. The highest BCUT2D eigenvalue weighted by Crippen LogP contribution is 2.24. The Balaban J connectivity index is 2.33. The van der Waals surface area contributed by atoms with E-state index in [0.29, 0.717) is 0 Å². The standard InChI is InChI=1S/C15H18BrN3/c1-4-17-15-14(16)11(3)18-13(19-15)9-12-8-6-5-7-10(12)2/h5-8H,4,9H2,1-3H3,(H,17,18,19). The zero-order valence-corrected chi connectivity index (χ0v) is 13.1. The summed E-state index contributed by atoms with van der Waals surface area (Å²) >= 11 is 3.53. The van der Waals surface area contributed by atoms with Crippen LogP contribution in [-0.2, 0) is 6.42 Å². The minimum atomic E-state index is 0.763. The van der Waals surface area contributed by atoms with Crippen LogP contribution in [0.4, 0.5) is 5.82 Å². The van der Waals surface area contributed by atoms with Crippen LogP contribution in [0.2, 0.25) is 0 Å². The second-order valence-electron chi connectivity index (χ2n) is 4.52. The van der Waals surface area contributed by atoms with Gasteiger partial charge in [0.25, 0.3) is 0 Å². The monoisotopic (exact) mass is 319 g/mol. The summed E-state index contributed by atoms with van der Waals surface area (Å²) in [6, 6.07) is 8.35. The zero-order chi connectivity index (χ0) is 13.8. The topological polar surface area (TPSA) is 37.8 Å². The van der Waals surface area contributed by atoms with Crippen molar-refractivity contribution in [3.63, 3.8) is 0 Å². The molecule has 0 aliphatic heterocycles. The maximum absolute atomic E-state index is 4.59. The number of nitrogens with one attached hydrogen (secondary N) is 1. The van der Waals surface area contributed by atoms with Crippen molar-refractivity contribution in [3.8, 4) is 0 Å². The van der Waals surface area contributed by atoms with Crippen LogP contribution in [0.3, 0.4) is 0 Å². The first kappa shape index (κ1) is 14.0. The van der Waals surface area contributed by atoms with Gasteiger partial charge in [-0.15, -0.1) is 0 Å². The van der Waals surface area contributed by atoms with Gasteiger partial charge in [0.2, 0.25) is 0 Å². The van der Waals surface area contributed by atoms with E-state index in [-0.39, 0.29) is 0 Å². The molecule has 0 radical (unpaired) electrons. The average Bonchev–Trinajstić information content (AvgIpc) is 2.38. The molecule has 1 aromatic carbocycles. The normalized spacial score (nSPS) is 10.5. The number of aryl methyl sites for hydroxylation is 2. The smallest absolute Gasteiger partial charge is 0.144 e. The van der Waals surface area contributed by atoms with Crippen molar-refractivity contribution < 1.29 is 0 Å². The maximum atomic E-state index is 4.59. The van der Waals surface area contributed by atoms with E-state index in [9.17, 15) is 0 Å². The van der Waals surface area contributed by atoms with Gasteiger partial charge in [-0.2, -0.15) is 0 Å². The van der Waals surface area contributed by atoms with Crippen molar-refractivity contribution >= 4 is 21.7 Å². The summed E-state index contributed by atoms with van der Waals surface area (Å²) in [7, 11) is 0. The first-order valence-corrected chi connectivity index (χ1v) is 7.22. The first-order valence-electron chi connectivity index (χ1n) is 6.43. The summed E-state index contributed by atoms with van der Waals surface area (Å²) in [6.07, 6.45) is 0.763. The van der Waals surface area contributed by atoms with Gasteiger partial charge in [0.15, 0.2) is 0 Å². The molecular formula is C15H18BrN3. The Morgan fingerprint density at radius 1 is 1.16 bits per heavy atom. The lowest BCUT2D eigenvalue weighted by Crippen LogP contribution is -2.07. The number of halogens is 1. The number of hydrogen-bond acceptors (Lipinski definition) is 3. The Morgan fingerprint density at radius 2 is 1.89 bits per heavy atom. The lowest BCUT2D eigenvalue weighted by atomic mass is 10.1. The molecule has 100 valence electrons. The molecule has 0 bridgehead atoms. The molecule has 0 atom stereocenters. The minimum absolute atomic E-state index is 0.763. The molecule has 1 aromatic heterocycles. The van der Waals surface area contributed by atoms with Crippen molar-refractivity contribution in [2.24, 2.45) is 0 Å². The zero-order valence-electron chi connectivity index (χ0n) is 11.5. The number of nitrogens with zero attached hydrogens (tertiary/aromatic N) is 2. The summed E-state index contributed by atoms with van der Waals surface area (Å²) in [5.41, 5.74) is 3.51. The fraction of sp³-hybridized carbons (Fsp3) is 0.333. The molecule has 2 rings (SSSR count). The van der Waals surface area contributed by atoms with E-state index in [4.69, 9.17) is 0 Å². The van der Waals surface area contributed by atoms with E-state index in [2.05, 4.69) is 69.3 Å². The van der Waals surface area contributed by atoms with Gasteiger partial charge >= 0.3 is 0 Å². The number of benzene rings is 1. The predicted octanol–water partition coefficient (Wildman–Crippen LogP) is 3.88. The average molecular weight is 320 g/mol. The van der Waals surface area contributed by atoms with Crippen LogP contribution in [0.1, 0.15) is 29.6 Å². The van der Waals surface area contributed by atoms with Gasteiger partial charge in [0, 0.05) is 13.0 Å². The molecule has 0 amide bonds. The van der Waals surface area contributed by atoms with Gasteiger partial charge in [-0.25, -0.2) is 9.97 Å². The number of aromatic nitrogens is 2. The van der Waals surface area contributed by atoms with Gasteiger partial charge < -0.3 is 5.32 Å². The van der Waals surface area contributed by atoms with E-state index < -0.39 is 0 Å². The third-order valence-corrected chi connectivity index (χ3v) is 3.97. The third kappa shape index (κ3) is 3.32. The Bertz CT molecular complexity index is 582. The minimum Gasteiger partial charge on any atom is -0.369 e. The molecule has 0 fully saturated rings. The highest BCUT2D eigenvalue weighted by molar-refractivity contribution is 9.10. The Kier molecular flexibility index (Phi) is 4.53. The highest BCUT2D eigenvalue weighted by atomic mass is 79.9. The quantitative estimate of drug-likeness (QED) is 0.929. The van der Waals surface area contributed by atoms with E-state index in [1.165, 1.54) is 11.1 Å². The van der Waals surface area contributed by atoms with Gasteiger partial charge in [-0.3, -0.25) is 0 Å². The summed E-state index contributed by atoms with van der Waals surface area (Å²) < 4.78 is 0.947. The van der Waals surface area contributed by atoms with Crippen molar-refractivity contribution in [2.45, 2.75) is 27.2 Å². The van der Waals surface area contributed by atoms with Crippen LogP contribution < -0.4 is 5.32 Å². The van der Waals surface area contributed by atoms with Crippen molar-refractivity contribution in [1.29, 1.82) is 0 Å². The van der Waals surface area contributed by atoms with Gasteiger partial charge in [-0.1, -0.05) is 24.3 Å². The molecule has 4 heteroatoms. The van der Waals surface area contributed by atoms with Crippen molar-refractivity contribution in [2.75, 3.05) is 11.9 Å². The molecule has 1 N–H and O–H groups in total. The molecular weight excluding hydrogens is 302 g/mol. The second-order valence-corrected chi connectivity index (χ2v) is 5.31. The number of hydrogen-bond donors (Lipinski definition) is 1. The molecule has 0 saturated carbocycles. The highest BCUT2D eigenvalue weighted by Gasteiger charge is 2.09. The fourth-order valence-corrected chi connectivity index (χ4v) is 2.28. The predicted molar refractivity (Wildman–Crippen MR) is 82.6 cm³/mol. The van der Waals surface area contributed by atoms with Crippen LogP contribution in [-0.4, -0.2) is 16.5 Å². The Hall–Kier alpha value is -1.42. The molecule has 19 heavy (non-hydrogen) atoms. The van der Waals surface area contributed by atoms with E-state index in [0.717, 1.165) is 34.8 Å². The Labute approximate surface area is 122 Å². The molecule has 3 nitrogen and oxygen atoms in total. The molecule has 0 aliphatic carbocycles. The third-order valence-electron chi connectivity index (χ3n) is 3.02. The SMILES string of the molecule is CCNc1nc(Cc2ccccc2C)nc(C)c1Br. The lowest BCUT2D eigenvalue weighted by Gasteiger charge is -2.11. The summed E-state index contributed by atoms with van der Waals surface area (Å²) in [4.78, 5) is 9.14. The largest absolute Gasteiger partial charge is 0.369 e. The first-order chi connectivity index (χ1) is 9.11. The van der Waals surface area contributed by atoms with E-state index >= 15 is 0 Å². The summed E-state index contributed by atoms with van der Waals surface area (Å²) in [5.74, 6) is 1.73. The number of anilines is 1. The van der Waals surface area contributed by atoms with Crippen LogP contribution >= 0.6 is 15.9 Å². The van der Waals surface area contributed by atoms with Gasteiger partial charge in [0.05, 0.1) is 10.2 Å². The van der Waals surface area contributed by atoms with Crippen LogP contribution in [0.15, 0.2) is 28.7 Å². The van der Waals surface area contributed by atoms with Crippen LogP contribution in [0.5, 0.6) is 0 Å². The van der Waals surface area contributed by atoms with Crippen molar-refractivity contribution in [1.82, 2.24) is 9.97 Å².